The summed E-state index contributed by atoms with van der Waals surface area (Å²) in [5.74, 6) is -4.81. The van der Waals surface area contributed by atoms with E-state index in [-0.39, 0.29) is 28.6 Å². The van der Waals surface area contributed by atoms with Crippen LogP contribution in [0.1, 0.15) is 58.3 Å². The lowest BCUT2D eigenvalue weighted by Crippen LogP contribution is -2.28. The van der Waals surface area contributed by atoms with Crippen molar-refractivity contribution in [2.45, 2.75) is 46.6 Å². The van der Waals surface area contributed by atoms with Crippen LogP contribution >= 0.6 is 22.7 Å². The lowest BCUT2D eigenvalue weighted by molar-refractivity contribution is -0.115. The van der Waals surface area contributed by atoms with Crippen molar-refractivity contribution in [3.63, 3.8) is 0 Å². The summed E-state index contributed by atoms with van der Waals surface area (Å²) >= 11 is 2.35. The summed E-state index contributed by atoms with van der Waals surface area (Å²) in [5.41, 5.74) is 2.11. The molecule has 4 rings (SSSR count). The Bertz CT molecular complexity index is 1720. The molecule has 3 aromatic rings. The number of aryl methyl sites for hydroxylation is 1. The Hall–Kier alpha value is -3.40. The summed E-state index contributed by atoms with van der Waals surface area (Å²) in [6.45, 7) is 6.75. The van der Waals surface area contributed by atoms with Crippen LogP contribution < -0.4 is 10.1 Å². The fourth-order valence-electron chi connectivity index (χ4n) is 4.67. The van der Waals surface area contributed by atoms with Crippen LogP contribution in [0.15, 0.2) is 23.2 Å². The maximum absolute atomic E-state index is 12.8. The highest BCUT2D eigenvalue weighted by Gasteiger charge is 2.29. The maximum Gasteiger partial charge on any atom is 0.341 e. The van der Waals surface area contributed by atoms with E-state index >= 15 is 0 Å². The van der Waals surface area contributed by atoms with Gasteiger partial charge in [-0.2, -0.15) is 4.99 Å². The van der Waals surface area contributed by atoms with Gasteiger partial charge in [0, 0.05) is 18.0 Å². The summed E-state index contributed by atoms with van der Waals surface area (Å²) in [6.07, 6.45) is 2.33. The maximum atomic E-state index is 12.8. The van der Waals surface area contributed by atoms with E-state index in [2.05, 4.69) is 10.3 Å². The van der Waals surface area contributed by atoms with E-state index in [1.54, 1.807) is 36.6 Å². The van der Waals surface area contributed by atoms with Crippen LogP contribution in [-0.2, 0) is 53.0 Å². The average Bonchev–Trinajstić information content (AvgIpc) is 3.61. The second kappa shape index (κ2) is 14.4. The summed E-state index contributed by atoms with van der Waals surface area (Å²) in [5, 5.41) is 2.79. The summed E-state index contributed by atoms with van der Waals surface area (Å²) < 4.78 is 43.7. The number of thiophene rings is 1. The fraction of sp³-hybridized carbons (Fsp3) is 0.464. The van der Waals surface area contributed by atoms with Gasteiger partial charge in [0.05, 0.1) is 41.2 Å². The van der Waals surface area contributed by atoms with E-state index in [0.717, 1.165) is 34.6 Å². The quantitative estimate of drug-likeness (QED) is 0.216. The van der Waals surface area contributed by atoms with E-state index in [0.29, 0.717) is 42.0 Å². The van der Waals surface area contributed by atoms with E-state index < -0.39 is 45.1 Å². The van der Waals surface area contributed by atoms with Crippen LogP contribution in [0, 0.1) is 0 Å². The van der Waals surface area contributed by atoms with Crippen LogP contribution in [0.5, 0.6) is 0 Å². The Balaban J connectivity index is 1.52. The summed E-state index contributed by atoms with van der Waals surface area (Å²) in [6, 6.07) is 4.94. The van der Waals surface area contributed by atoms with Crippen molar-refractivity contribution in [1.29, 1.82) is 0 Å². The number of carbonyl (C=O) groups is 4. The van der Waals surface area contributed by atoms with Crippen molar-refractivity contribution in [3.05, 3.63) is 44.6 Å². The number of ether oxygens (including phenoxy) is 3. The number of esters is 2. The van der Waals surface area contributed by atoms with Gasteiger partial charge in [0.2, 0.25) is 5.91 Å². The molecule has 15 heteroatoms. The normalized spacial score (nSPS) is 13.2. The van der Waals surface area contributed by atoms with Crippen molar-refractivity contribution >= 4 is 71.5 Å². The van der Waals surface area contributed by atoms with Gasteiger partial charge in [0.1, 0.15) is 16.5 Å². The first-order valence-corrected chi connectivity index (χ1v) is 17.3. The van der Waals surface area contributed by atoms with Gasteiger partial charge in [0.25, 0.3) is 5.91 Å². The number of anilines is 1. The number of fused-ring (bicyclic) bond motifs is 2. The van der Waals surface area contributed by atoms with Gasteiger partial charge in [-0.1, -0.05) is 11.3 Å². The number of sulfone groups is 1. The molecule has 1 aromatic carbocycles. The lowest BCUT2D eigenvalue weighted by atomic mass is 10.1. The first-order valence-electron chi connectivity index (χ1n) is 13.8. The molecule has 1 aliphatic rings. The number of carbonyl (C=O) groups excluding carboxylic acids is 4. The minimum Gasteiger partial charge on any atom is -0.462 e. The Morgan fingerprint density at radius 3 is 2.44 bits per heavy atom. The molecule has 0 saturated carbocycles. The number of thiazole rings is 1. The molecule has 0 radical (unpaired) electrons. The van der Waals surface area contributed by atoms with Gasteiger partial charge >= 0.3 is 11.9 Å². The number of hydrogen-bond acceptors (Lipinski definition) is 11. The number of nitrogens with zero attached hydrogens (tertiary/aromatic N) is 2. The number of aromatic nitrogens is 1. The monoisotopic (exact) mass is 651 g/mol. The highest BCUT2D eigenvalue weighted by Crippen LogP contribution is 2.39. The molecule has 0 saturated heterocycles. The topological polar surface area (TPSA) is 159 Å². The van der Waals surface area contributed by atoms with Crippen LogP contribution in [-0.4, -0.2) is 74.7 Å². The van der Waals surface area contributed by atoms with E-state index in [1.807, 2.05) is 6.92 Å². The minimum absolute atomic E-state index is 0.162. The second-order valence-electron chi connectivity index (χ2n) is 9.50. The molecular formula is C28H33N3O9S3. The second-order valence-corrected chi connectivity index (χ2v) is 13.7. The van der Waals surface area contributed by atoms with Crippen LogP contribution in [0.4, 0.5) is 5.00 Å². The molecular weight excluding hydrogens is 619 g/mol. The molecule has 0 unspecified atom stereocenters. The molecule has 0 aliphatic heterocycles. The van der Waals surface area contributed by atoms with Crippen molar-refractivity contribution in [2.75, 3.05) is 43.3 Å². The lowest BCUT2D eigenvalue weighted by Gasteiger charge is -2.08. The zero-order valence-corrected chi connectivity index (χ0v) is 26.5. The zero-order chi connectivity index (χ0) is 31.1. The highest BCUT2D eigenvalue weighted by atomic mass is 32.2. The SMILES string of the molecule is CCOCCn1c(=NC(=O)CS(=O)(=O)CC(=O)Nc2sc3c(c2C(=O)OCC)CCC3)sc2cc(C(=O)OCC)ccc21. The number of rotatable bonds is 13. The molecule has 12 nitrogen and oxygen atoms in total. The molecule has 2 heterocycles. The summed E-state index contributed by atoms with van der Waals surface area (Å²) in [7, 11) is -4.20. The zero-order valence-electron chi connectivity index (χ0n) is 24.1. The predicted octanol–water partition coefficient (Wildman–Crippen LogP) is 3.12. The molecule has 43 heavy (non-hydrogen) atoms. The molecule has 1 N–H and O–H groups in total. The van der Waals surface area contributed by atoms with Gasteiger partial charge in [-0.05, 0) is 63.8 Å². The number of benzene rings is 1. The van der Waals surface area contributed by atoms with Crippen molar-refractivity contribution < 1.29 is 41.8 Å². The number of hydrogen-bond donors (Lipinski definition) is 1. The smallest absolute Gasteiger partial charge is 0.341 e. The van der Waals surface area contributed by atoms with Gasteiger partial charge in [-0.25, -0.2) is 18.0 Å². The largest absolute Gasteiger partial charge is 0.462 e. The first-order chi connectivity index (χ1) is 20.6. The third-order valence-electron chi connectivity index (χ3n) is 6.43. The molecule has 0 fully saturated rings. The molecule has 0 bridgehead atoms. The third kappa shape index (κ3) is 7.96. The molecule has 1 aliphatic carbocycles. The number of nitrogens with one attached hydrogen (secondary N) is 1. The van der Waals surface area contributed by atoms with Gasteiger partial charge < -0.3 is 24.1 Å². The first kappa shape index (κ1) is 32.5. The van der Waals surface area contributed by atoms with Crippen molar-refractivity contribution in [1.82, 2.24) is 4.57 Å². The van der Waals surface area contributed by atoms with Crippen LogP contribution in [0.25, 0.3) is 10.2 Å². The van der Waals surface area contributed by atoms with Gasteiger partial charge in [-0.3, -0.25) is 9.59 Å². The van der Waals surface area contributed by atoms with Crippen LogP contribution in [0.2, 0.25) is 0 Å². The van der Waals surface area contributed by atoms with E-state index in [1.165, 1.54) is 11.3 Å². The van der Waals surface area contributed by atoms with Gasteiger partial charge in [0.15, 0.2) is 14.6 Å². The third-order valence-corrected chi connectivity index (χ3v) is 10.1. The minimum atomic E-state index is -4.20. The Labute approximate surface area is 256 Å². The Morgan fingerprint density at radius 1 is 0.977 bits per heavy atom. The van der Waals surface area contributed by atoms with Crippen molar-refractivity contribution in [3.8, 4) is 0 Å². The standard InChI is InChI=1S/C28H33N3O9S3/c1-4-38-13-12-31-19-11-10-17(26(34)39-5-2)14-21(19)42-28(31)30-23(33)16-43(36,37)15-22(32)29-25-24(27(35)40-6-3)18-8-7-9-20(18)41-25/h10-11,14H,4-9,12-13,15-16H2,1-3H3,(H,29,32). The van der Waals surface area contributed by atoms with Gasteiger partial charge in [-0.15, -0.1) is 11.3 Å². The molecule has 0 spiro atoms. The summed E-state index contributed by atoms with van der Waals surface area (Å²) in [4.78, 5) is 55.6. The molecule has 2 aromatic heterocycles. The molecule has 232 valence electrons. The highest BCUT2D eigenvalue weighted by molar-refractivity contribution is 7.92. The Morgan fingerprint density at radius 2 is 1.72 bits per heavy atom. The average molecular weight is 652 g/mol. The Kier molecular flexibility index (Phi) is 10.9. The van der Waals surface area contributed by atoms with E-state index in [4.69, 9.17) is 14.2 Å². The molecule has 2 amide bonds. The van der Waals surface area contributed by atoms with Crippen LogP contribution in [0.3, 0.4) is 0 Å². The number of amides is 2. The fourth-order valence-corrected chi connectivity index (χ4v) is 8.09. The predicted molar refractivity (Wildman–Crippen MR) is 162 cm³/mol. The van der Waals surface area contributed by atoms with E-state index in [9.17, 15) is 27.6 Å². The molecule has 0 atom stereocenters. The van der Waals surface area contributed by atoms with Crippen molar-refractivity contribution in [2.24, 2.45) is 4.99 Å².